The Morgan fingerprint density at radius 2 is 2.05 bits per heavy atom. The molecule has 0 aliphatic carbocycles. The lowest BCUT2D eigenvalue weighted by atomic mass is 10.2. The Bertz CT molecular complexity index is 630. The highest BCUT2D eigenvalue weighted by Gasteiger charge is 2.11. The number of carbonyl (C=O) groups excluding carboxylic acids is 2. The molecule has 0 atom stereocenters. The van der Waals surface area contributed by atoms with Crippen molar-refractivity contribution in [2.45, 2.75) is 0 Å². The predicted molar refractivity (Wildman–Crippen MR) is 87.9 cm³/mol. The molecule has 0 radical (unpaired) electrons. The summed E-state index contributed by atoms with van der Waals surface area (Å²) in [5, 5.41) is 2.99. The van der Waals surface area contributed by atoms with Crippen LogP contribution in [-0.2, 0) is 9.53 Å². The fourth-order valence-electron chi connectivity index (χ4n) is 1.27. The molecule has 0 bridgehead atoms. The van der Waals surface area contributed by atoms with E-state index in [2.05, 4.69) is 48.8 Å². The third kappa shape index (κ3) is 4.53. The van der Waals surface area contributed by atoms with E-state index in [-0.39, 0.29) is 6.61 Å². The van der Waals surface area contributed by atoms with Crippen LogP contribution in [0.1, 0.15) is 10.4 Å². The summed E-state index contributed by atoms with van der Waals surface area (Å²) in [6, 6.07) is 6.90. The van der Waals surface area contributed by atoms with Crippen molar-refractivity contribution in [3.8, 4) is 0 Å². The van der Waals surface area contributed by atoms with E-state index in [0.717, 1.165) is 7.36 Å². The lowest BCUT2D eigenvalue weighted by molar-refractivity contribution is -0.119. The van der Waals surface area contributed by atoms with E-state index in [1.165, 1.54) is 11.3 Å². The summed E-state index contributed by atoms with van der Waals surface area (Å²) in [4.78, 5) is 27.2. The third-order valence-electron chi connectivity index (χ3n) is 2.14. The van der Waals surface area contributed by atoms with Crippen LogP contribution in [0.3, 0.4) is 0 Å². The molecule has 0 unspecified atom stereocenters. The molecular weight excluding hydrogens is 459 g/mol. The van der Waals surface area contributed by atoms with Gasteiger partial charge in [0.05, 0.1) is 15.5 Å². The Labute approximate surface area is 141 Å². The van der Waals surface area contributed by atoms with Crippen molar-refractivity contribution in [1.29, 1.82) is 0 Å². The van der Waals surface area contributed by atoms with Gasteiger partial charge in [-0.3, -0.25) is 10.1 Å². The van der Waals surface area contributed by atoms with Crippen LogP contribution in [0.25, 0.3) is 0 Å². The molecule has 1 aromatic carbocycles. The number of hydrogen-bond donors (Lipinski definition) is 1. The van der Waals surface area contributed by atoms with Crippen LogP contribution in [0.15, 0.2) is 34.2 Å². The van der Waals surface area contributed by atoms with Crippen molar-refractivity contribution in [3.63, 3.8) is 0 Å². The van der Waals surface area contributed by atoms with Gasteiger partial charge in [-0.25, -0.2) is 9.78 Å². The molecule has 0 spiro atoms. The van der Waals surface area contributed by atoms with E-state index in [1.807, 2.05) is 0 Å². The van der Waals surface area contributed by atoms with Gasteiger partial charge in [0.1, 0.15) is 0 Å². The summed E-state index contributed by atoms with van der Waals surface area (Å²) in [6.07, 6.45) is 1.58. The van der Waals surface area contributed by atoms with E-state index >= 15 is 0 Å². The third-order valence-corrected chi connectivity index (χ3v) is 4.25. The zero-order chi connectivity index (χ0) is 14.5. The summed E-state index contributed by atoms with van der Waals surface area (Å²) in [5.41, 5.74) is 0.412. The number of esters is 1. The van der Waals surface area contributed by atoms with Crippen LogP contribution >= 0.6 is 49.9 Å². The largest absolute Gasteiger partial charge is 0.452 e. The first kappa shape index (κ1) is 15.4. The van der Waals surface area contributed by atoms with E-state index < -0.39 is 11.9 Å². The SMILES string of the molecule is O=C(COC(=O)c1ccc(I)cc1)Nc1ncc(Br)s1. The number of halogens is 2. The van der Waals surface area contributed by atoms with E-state index in [0.29, 0.717) is 10.7 Å². The maximum atomic E-state index is 11.7. The Morgan fingerprint density at radius 3 is 2.65 bits per heavy atom. The fraction of sp³-hybridized carbons (Fsp3) is 0.0833. The number of thiazole rings is 1. The number of benzene rings is 1. The second-order valence-electron chi connectivity index (χ2n) is 3.60. The van der Waals surface area contributed by atoms with Crippen molar-refractivity contribution in [2.75, 3.05) is 11.9 Å². The molecule has 1 aromatic heterocycles. The van der Waals surface area contributed by atoms with Gasteiger partial charge in [0, 0.05) is 3.57 Å². The molecule has 0 saturated heterocycles. The Kier molecular flexibility index (Phi) is 5.49. The second kappa shape index (κ2) is 7.14. The molecule has 0 fully saturated rings. The molecule has 1 N–H and O–H groups in total. The van der Waals surface area contributed by atoms with Gasteiger partial charge in [0.2, 0.25) is 0 Å². The van der Waals surface area contributed by atoms with Gasteiger partial charge in [-0.1, -0.05) is 11.3 Å². The van der Waals surface area contributed by atoms with Crippen molar-refractivity contribution in [1.82, 2.24) is 4.98 Å². The highest BCUT2D eigenvalue weighted by atomic mass is 127. The minimum atomic E-state index is -0.531. The Morgan fingerprint density at radius 1 is 1.35 bits per heavy atom. The minimum absolute atomic E-state index is 0.345. The molecule has 8 heteroatoms. The smallest absolute Gasteiger partial charge is 0.338 e. The molecule has 2 aromatic rings. The zero-order valence-corrected chi connectivity index (χ0v) is 14.5. The van der Waals surface area contributed by atoms with Gasteiger partial charge >= 0.3 is 5.97 Å². The van der Waals surface area contributed by atoms with E-state index in [9.17, 15) is 9.59 Å². The van der Waals surface area contributed by atoms with E-state index in [4.69, 9.17) is 4.74 Å². The van der Waals surface area contributed by atoms with Gasteiger partial charge in [-0.05, 0) is 62.8 Å². The van der Waals surface area contributed by atoms with Crippen LogP contribution in [0.2, 0.25) is 0 Å². The van der Waals surface area contributed by atoms with Crippen LogP contribution in [0.4, 0.5) is 5.13 Å². The summed E-state index contributed by atoms with van der Waals surface area (Å²) < 4.78 is 6.75. The predicted octanol–water partition coefficient (Wildman–Crippen LogP) is 3.31. The molecule has 0 aliphatic heterocycles. The number of aromatic nitrogens is 1. The maximum absolute atomic E-state index is 11.7. The standard InChI is InChI=1S/C12H8BrIN2O3S/c13-9-5-15-12(20-9)16-10(17)6-19-11(18)7-1-3-8(14)4-2-7/h1-5H,6H2,(H,15,16,17). The highest BCUT2D eigenvalue weighted by Crippen LogP contribution is 2.22. The lowest BCUT2D eigenvalue weighted by Gasteiger charge is -2.04. The number of anilines is 1. The number of nitrogens with zero attached hydrogens (tertiary/aromatic N) is 1. The van der Waals surface area contributed by atoms with Crippen molar-refractivity contribution in [3.05, 3.63) is 43.4 Å². The maximum Gasteiger partial charge on any atom is 0.338 e. The van der Waals surface area contributed by atoms with Gasteiger partial charge < -0.3 is 4.74 Å². The van der Waals surface area contributed by atoms with Crippen LogP contribution in [-0.4, -0.2) is 23.5 Å². The highest BCUT2D eigenvalue weighted by molar-refractivity contribution is 14.1. The number of rotatable bonds is 4. The van der Waals surface area contributed by atoms with Crippen molar-refractivity contribution >= 4 is 66.9 Å². The monoisotopic (exact) mass is 466 g/mol. The van der Waals surface area contributed by atoms with Crippen LogP contribution in [0.5, 0.6) is 0 Å². The van der Waals surface area contributed by atoms with Crippen molar-refractivity contribution in [2.24, 2.45) is 0 Å². The van der Waals surface area contributed by atoms with E-state index in [1.54, 1.807) is 30.5 Å². The summed E-state index contributed by atoms with van der Waals surface area (Å²) in [6.45, 7) is -0.345. The normalized spacial score (nSPS) is 10.1. The number of hydrogen-bond acceptors (Lipinski definition) is 5. The molecule has 1 amide bonds. The van der Waals surface area contributed by atoms with Gasteiger partial charge in [0.25, 0.3) is 5.91 Å². The average Bonchev–Trinajstić information content (AvgIpc) is 2.82. The summed E-state index contributed by atoms with van der Waals surface area (Å²) >= 11 is 6.66. The number of ether oxygens (including phenoxy) is 1. The first-order chi connectivity index (χ1) is 9.54. The average molecular weight is 467 g/mol. The molecule has 20 heavy (non-hydrogen) atoms. The second-order valence-corrected chi connectivity index (χ2v) is 7.26. The first-order valence-electron chi connectivity index (χ1n) is 5.38. The topological polar surface area (TPSA) is 68.3 Å². The van der Waals surface area contributed by atoms with Crippen molar-refractivity contribution < 1.29 is 14.3 Å². The fourth-order valence-corrected chi connectivity index (χ4v) is 2.75. The Balaban J connectivity index is 1.84. The quantitative estimate of drug-likeness (QED) is 0.554. The summed E-state index contributed by atoms with van der Waals surface area (Å²) in [7, 11) is 0. The molecule has 104 valence electrons. The number of amides is 1. The first-order valence-corrected chi connectivity index (χ1v) is 8.07. The number of carbonyl (C=O) groups is 2. The zero-order valence-electron chi connectivity index (χ0n) is 9.93. The van der Waals surface area contributed by atoms with Gasteiger partial charge in [0.15, 0.2) is 11.7 Å². The molecule has 0 saturated carbocycles. The van der Waals surface area contributed by atoms with Crippen LogP contribution in [0, 0.1) is 3.57 Å². The Hall–Kier alpha value is -1.000. The van der Waals surface area contributed by atoms with Gasteiger partial charge in [-0.15, -0.1) is 0 Å². The minimum Gasteiger partial charge on any atom is -0.452 e. The molecule has 2 rings (SSSR count). The molecule has 1 heterocycles. The lowest BCUT2D eigenvalue weighted by Crippen LogP contribution is -2.20. The van der Waals surface area contributed by atoms with Crippen LogP contribution < -0.4 is 5.32 Å². The summed E-state index contributed by atoms with van der Waals surface area (Å²) in [5.74, 6) is -0.956. The van der Waals surface area contributed by atoms with Gasteiger partial charge in [-0.2, -0.15) is 0 Å². The molecule has 5 nitrogen and oxygen atoms in total. The molecule has 0 aliphatic rings. The molecular formula is C12H8BrIN2O3S. The number of nitrogens with one attached hydrogen (secondary N) is 1.